The van der Waals surface area contributed by atoms with Gasteiger partial charge in [-0.05, 0) is 0 Å². The summed E-state index contributed by atoms with van der Waals surface area (Å²) in [7, 11) is 1.77. The van der Waals surface area contributed by atoms with Crippen LogP contribution in [-0.2, 0) is 16.1 Å². The van der Waals surface area contributed by atoms with Crippen molar-refractivity contribution in [1.29, 1.82) is 0 Å². The number of piperazine rings is 1. The predicted molar refractivity (Wildman–Crippen MR) is 138 cm³/mol. The van der Waals surface area contributed by atoms with Gasteiger partial charge in [-0.2, -0.15) is 0 Å². The van der Waals surface area contributed by atoms with Gasteiger partial charge in [0.15, 0.2) is 0 Å². The Hall–Kier alpha value is -3.40. The van der Waals surface area contributed by atoms with E-state index in [2.05, 4.69) is 0 Å². The molecule has 2 aliphatic heterocycles. The van der Waals surface area contributed by atoms with Crippen molar-refractivity contribution in [3.05, 3.63) is 108 Å². The maximum atomic E-state index is 14.3. The van der Waals surface area contributed by atoms with Crippen LogP contribution in [0.4, 0.5) is 4.79 Å². The van der Waals surface area contributed by atoms with Gasteiger partial charge in [-0.1, -0.05) is 0 Å². The fraction of sp³-hybridized carbons (Fsp3) is 0.300. The molecule has 3 amide bonds. The second-order valence-corrected chi connectivity index (χ2v) is 13.8. The molecule has 0 aromatic heterocycles. The number of urea groups is 1. The number of carbonyl (C=O) groups is 3. The number of hydrogen-bond acceptors (Lipinski definition) is 3. The number of amides is 3. The Labute approximate surface area is 232 Å². The van der Waals surface area contributed by atoms with E-state index in [9.17, 15) is 19.5 Å². The van der Waals surface area contributed by atoms with E-state index in [1.54, 1.807) is 16.8 Å². The van der Waals surface area contributed by atoms with E-state index in [-0.39, 0.29) is 18.5 Å². The summed E-state index contributed by atoms with van der Waals surface area (Å²) in [4.78, 5) is 46.0. The van der Waals surface area contributed by atoms with Gasteiger partial charge >= 0.3 is 233 Å². The molecule has 3 aliphatic rings. The molecule has 196 valence electrons. The van der Waals surface area contributed by atoms with Crippen LogP contribution in [0.25, 0.3) is 0 Å². The number of carboxylic acid groups (broad SMARTS) is 1. The van der Waals surface area contributed by atoms with Crippen LogP contribution >= 0.6 is 0 Å². The maximum absolute atomic E-state index is 14.3. The van der Waals surface area contributed by atoms with E-state index < -0.39 is 48.7 Å². The van der Waals surface area contributed by atoms with Crippen LogP contribution < -0.4 is 21.2 Å². The number of benzene rings is 3. The number of nitrogens with zero attached hydrogens (tertiary/aromatic N) is 3. The van der Waals surface area contributed by atoms with Crippen molar-refractivity contribution in [2.75, 3.05) is 13.6 Å². The summed E-state index contributed by atoms with van der Waals surface area (Å²) in [5.74, 6) is -1.85. The molecular weight excluding hydrogens is 593 g/mol. The van der Waals surface area contributed by atoms with E-state index in [0.29, 0.717) is 10.5 Å². The minimum absolute atomic E-state index is 0.139. The van der Waals surface area contributed by atoms with Crippen LogP contribution in [0.3, 0.4) is 0 Å². The molecule has 2 heterocycles. The third-order valence-electron chi connectivity index (χ3n) is 7.85. The fourth-order valence-electron chi connectivity index (χ4n) is 5.92. The van der Waals surface area contributed by atoms with E-state index >= 15 is 0 Å². The Morgan fingerprint density at radius 2 is 1.50 bits per heavy atom. The molecule has 3 aromatic rings. The number of aliphatic carboxylic acids is 1. The van der Waals surface area contributed by atoms with Crippen molar-refractivity contribution in [1.82, 2.24) is 14.7 Å². The van der Waals surface area contributed by atoms with Crippen LogP contribution in [0.15, 0.2) is 91.0 Å². The van der Waals surface area contributed by atoms with Crippen molar-refractivity contribution >= 4 is 17.9 Å². The van der Waals surface area contributed by atoms with Crippen molar-refractivity contribution in [2.45, 2.75) is 38.4 Å². The zero-order chi connectivity index (χ0) is 26.4. The third-order valence-corrected chi connectivity index (χ3v) is 12.3. The zero-order valence-electron chi connectivity index (χ0n) is 21.0. The molecule has 38 heavy (non-hydrogen) atoms. The standard InChI is InChI=1S/C30H29IN3O4/c1-32(18-20-11-5-2-6-12-20)29(38)34-26-25(28(36)37)33(19-30(34)17-23(30)31-26)27(35)24(21-13-7-3-8-14-21)22-15-9-4-10-16-22/h2-16,23-26H,17-19H2,1H3,(H,36,37)/q-1/t23-,25+,26+,30?/m1/s1. The van der Waals surface area contributed by atoms with Gasteiger partial charge in [0.2, 0.25) is 0 Å². The first-order chi connectivity index (χ1) is 18.4. The molecular formula is C30H29IN3O4-. The number of carbonyl (C=O) groups excluding carboxylic acids is 2. The molecule has 1 spiro atoms. The zero-order valence-corrected chi connectivity index (χ0v) is 23.1. The number of fused-ring (bicyclic) bond motifs is 1. The summed E-state index contributed by atoms with van der Waals surface area (Å²) in [5.41, 5.74) is 2.24. The molecule has 7 nitrogen and oxygen atoms in total. The van der Waals surface area contributed by atoms with E-state index in [1.165, 1.54) is 0 Å². The summed E-state index contributed by atoms with van der Waals surface area (Å²) in [6.45, 7) is 0.719. The summed E-state index contributed by atoms with van der Waals surface area (Å²) < 4.78 is -0.118. The monoisotopic (exact) mass is 622 g/mol. The Kier molecular flexibility index (Phi) is 6.37. The predicted octanol–water partition coefficient (Wildman–Crippen LogP) is 0.608. The Morgan fingerprint density at radius 3 is 2.05 bits per heavy atom. The number of hydrogen-bond donors (Lipinski definition) is 1. The first kappa shape index (κ1) is 24.9. The summed E-state index contributed by atoms with van der Waals surface area (Å²) in [6, 6.07) is 27.7. The van der Waals surface area contributed by atoms with Crippen LogP contribution in [0.2, 0.25) is 0 Å². The Balaban J connectivity index is 1.32. The second kappa shape index (κ2) is 9.72. The Morgan fingerprint density at radius 1 is 0.947 bits per heavy atom. The fourth-order valence-corrected chi connectivity index (χ4v) is 11.2. The molecule has 8 heteroatoms. The quantitative estimate of drug-likeness (QED) is 0.248. The van der Waals surface area contributed by atoms with Crippen LogP contribution in [0, 0.1) is 0 Å². The number of carboxylic acids is 1. The third kappa shape index (κ3) is 4.15. The Bertz CT molecular complexity index is 1320. The van der Waals surface area contributed by atoms with Gasteiger partial charge in [-0.15, -0.1) is 0 Å². The normalized spacial score (nSPS) is 25.4. The van der Waals surface area contributed by atoms with Gasteiger partial charge in [0.1, 0.15) is 0 Å². The number of rotatable bonds is 6. The average molecular weight is 622 g/mol. The molecule has 3 fully saturated rings. The van der Waals surface area contributed by atoms with E-state index in [4.69, 9.17) is 0 Å². The molecule has 6 rings (SSSR count). The van der Waals surface area contributed by atoms with E-state index in [0.717, 1.165) is 23.1 Å². The number of halogens is 1. The molecule has 2 saturated heterocycles. The molecule has 2 bridgehead atoms. The SMILES string of the molecule is CN(Cc1ccccc1)C(=O)N1[C@@H]2[I-][C@@H]3CC31CN(C(=O)C(c1ccccc1)c1ccccc1)[C@@H]2C(=O)O. The minimum atomic E-state index is -1.04. The van der Waals surface area contributed by atoms with E-state index in [1.807, 2.05) is 95.9 Å². The van der Waals surface area contributed by atoms with Gasteiger partial charge in [-0.3, -0.25) is 0 Å². The van der Waals surface area contributed by atoms with Crippen molar-refractivity contribution in [2.24, 2.45) is 0 Å². The summed E-state index contributed by atoms with van der Waals surface area (Å²) >= 11 is -0.612. The first-order valence-corrected chi connectivity index (χ1v) is 15.2. The summed E-state index contributed by atoms with van der Waals surface area (Å²) in [6.07, 6.45) is 0.846. The van der Waals surface area contributed by atoms with Crippen molar-refractivity contribution < 1.29 is 40.7 Å². The molecule has 4 atom stereocenters. The molecule has 1 saturated carbocycles. The average Bonchev–Trinajstić information content (AvgIpc) is 3.54. The molecule has 3 aromatic carbocycles. The molecule has 1 aliphatic carbocycles. The van der Waals surface area contributed by atoms with Gasteiger partial charge < -0.3 is 0 Å². The summed E-state index contributed by atoms with van der Waals surface area (Å²) in [5, 5.41) is 10.4. The molecule has 0 radical (unpaired) electrons. The van der Waals surface area contributed by atoms with Crippen molar-refractivity contribution in [3.8, 4) is 0 Å². The molecule has 1 N–H and O–H groups in total. The van der Waals surface area contributed by atoms with Crippen LogP contribution in [0.1, 0.15) is 29.0 Å². The van der Waals surface area contributed by atoms with Gasteiger partial charge in [0, 0.05) is 0 Å². The van der Waals surface area contributed by atoms with Crippen LogP contribution in [0.5, 0.6) is 0 Å². The number of alkyl halides is 2. The van der Waals surface area contributed by atoms with Gasteiger partial charge in [0.05, 0.1) is 0 Å². The second-order valence-electron chi connectivity index (χ2n) is 10.3. The van der Waals surface area contributed by atoms with Crippen molar-refractivity contribution in [3.63, 3.8) is 0 Å². The van der Waals surface area contributed by atoms with Crippen LogP contribution in [-0.4, -0.2) is 70.9 Å². The van der Waals surface area contributed by atoms with Gasteiger partial charge in [0.25, 0.3) is 0 Å². The molecule has 1 unspecified atom stereocenters. The van der Waals surface area contributed by atoms with Gasteiger partial charge in [-0.25, -0.2) is 0 Å². The first-order valence-electron chi connectivity index (χ1n) is 12.7. The topological polar surface area (TPSA) is 81.2 Å².